The topological polar surface area (TPSA) is 101 Å². The largest absolute Gasteiger partial charge is 0.349 e. The Kier molecular flexibility index (Phi) is 4.53. The monoisotopic (exact) mass is 294 g/mol. The summed E-state index contributed by atoms with van der Waals surface area (Å²) in [4.78, 5) is 7.21. The van der Waals surface area contributed by atoms with E-state index in [0.717, 1.165) is 17.0 Å². The fraction of sp³-hybridized carbons (Fsp3) is 0.308. The average molecular weight is 294 g/mol. The van der Waals surface area contributed by atoms with Crippen LogP contribution in [0.25, 0.3) is 0 Å². The van der Waals surface area contributed by atoms with Gasteiger partial charge in [-0.05, 0) is 30.2 Å². The van der Waals surface area contributed by atoms with Gasteiger partial charge in [0.1, 0.15) is 5.82 Å². The second kappa shape index (κ2) is 6.17. The van der Waals surface area contributed by atoms with E-state index in [-0.39, 0.29) is 4.90 Å². The normalized spacial score (nSPS) is 11.7. The molecule has 1 aromatic heterocycles. The Morgan fingerprint density at radius 3 is 2.85 bits per heavy atom. The third-order valence-corrected chi connectivity index (χ3v) is 4.52. The first-order valence-corrected chi connectivity index (χ1v) is 7.79. The number of nitrogens with zero attached hydrogens (tertiary/aromatic N) is 1. The third-order valence-electron chi connectivity index (χ3n) is 3.06. The second-order valence-electron chi connectivity index (χ2n) is 4.48. The molecule has 0 aliphatic rings. The van der Waals surface area contributed by atoms with Crippen LogP contribution in [0.2, 0.25) is 0 Å². The Hall–Kier alpha value is -1.70. The zero-order valence-corrected chi connectivity index (χ0v) is 12.1. The van der Waals surface area contributed by atoms with Gasteiger partial charge in [0.25, 0.3) is 0 Å². The van der Waals surface area contributed by atoms with E-state index in [9.17, 15) is 8.42 Å². The van der Waals surface area contributed by atoms with Crippen LogP contribution < -0.4 is 10.5 Å². The number of imidazole rings is 1. The minimum atomic E-state index is -3.51. The van der Waals surface area contributed by atoms with Gasteiger partial charge in [-0.1, -0.05) is 6.07 Å². The molecule has 4 N–H and O–H groups in total. The fourth-order valence-corrected chi connectivity index (χ4v) is 2.94. The molecule has 0 fully saturated rings. The minimum absolute atomic E-state index is 0.239. The number of nitrogens with two attached hydrogens (primary N) is 1. The molecule has 0 saturated carbocycles. The maximum Gasteiger partial charge on any atom is 0.240 e. The smallest absolute Gasteiger partial charge is 0.240 e. The molecule has 0 amide bonds. The fourth-order valence-electron chi connectivity index (χ4n) is 1.86. The number of hydrogen-bond acceptors (Lipinski definition) is 4. The molecule has 0 saturated heterocycles. The van der Waals surface area contributed by atoms with Gasteiger partial charge in [0.15, 0.2) is 0 Å². The third kappa shape index (κ3) is 3.44. The van der Waals surface area contributed by atoms with Crippen molar-refractivity contribution in [3.8, 4) is 0 Å². The van der Waals surface area contributed by atoms with Gasteiger partial charge in [-0.3, -0.25) is 0 Å². The number of hydrogen-bond donors (Lipinski definition) is 3. The van der Waals surface area contributed by atoms with Crippen LogP contribution in [0.5, 0.6) is 0 Å². The van der Waals surface area contributed by atoms with Crippen LogP contribution in [0.4, 0.5) is 0 Å². The summed E-state index contributed by atoms with van der Waals surface area (Å²) < 4.78 is 26.9. The molecule has 1 aromatic carbocycles. The number of rotatable bonds is 6. The van der Waals surface area contributed by atoms with Gasteiger partial charge in [0.2, 0.25) is 10.0 Å². The lowest BCUT2D eigenvalue weighted by Crippen LogP contribution is -2.26. The van der Waals surface area contributed by atoms with Gasteiger partial charge in [-0.2, -0.15) is 0 Å². The lowest BCUT2D eigenvalue weighted by atomic mass is 10.1. The predicted molar refractivity (Wildman–Crippen MR) is 76.6 cm³/mol. The van der Waals surface area contributed by atoms with Crippen molar-refractivity contribution in [1.82, 2.24) is 14.7 Å². The quantitative estimate of drug-likeness (QED) is 0.730. The first kappa shape index (κ1) is 14.7. The summed E-state index contributed by atoms with van der Waals surface area (Å²) in [6, 6.07) is 4.97. The van der Waals surface area contributed by atoms with Gasteiger partial charge in [-0.25, -0.2) is 18.1 Å². The van der Waals surface area contributed by atoms with E-state index in [0.29, 0.717) is 19.5 Å². The SMILES string of the molecule is Cc1ccc(S(=O)(=O)NCCc2ncc[nH]2)cc1CN. The minimum Gasteiger partial charge on any atom is -0.349 e. The summed E-state index contributed by atoms with van der Waals surface area (Å²) in [5.41, 5.74) is 7.42. The van der Waals surface area contributed by atoms with E-state index in [2.05, 4.69) is 14.7 Å². The Balaban J connectivity index is 2.06. The van der Waals surface area contributed by atoms with E-state index in [4.69, 9.17) is 5.73 Å². The van der Waals surface area contributed by atoms with Crippen LogP contribution in [0.15, 0.2) is 35.5 Å². The maximum absolute atomic E-state index is 12.2. The van der Waals surface area contributed by atoms with Gasteiger partial charge in [-0.15, -0.1) is 0 Å². The van der Waals surface area contributed by atoms with E-state index >= 15 is 0 Å². The molecule has 2 aromatic rings. The zero-order valence-electron chi connectivity index (χ0n) is 11.3. The summed E-state index contributed by atoms with van der Waals surface area (Å²) in [5.74, 6) is 0.749. The Labute approximate surface area is 118 Å². The number of aromatic nitrogens is 2. The van der Waals surface area contributed by atoms with E-state index in [1.807, 2.05) is 6.92 Å². The van der Waals surface area contributed by atoms with Crippen LogP contribution in [0, 0.1) is 6.92 Å². The van der Waals surface area contributed by atoms with Crippen LogP contribution in [-0.2, 0) is 23.0 Å². The van der Waals surface area contributed by atoms with Crippen molar-refractivity contribution >= 4 is 10.0 Å². The van der Waals surface area contributed by atoms with Crippen molar-refractivity contribution in [2.75, 3.05) is 6.54 Å². The summed E-state index contributed by atoms with van der Waals surface area (Å²) in [7, 11) is -3.51. The molecule has 0 aliphatic heterocycles. The van der Waals surface area contributed by atoms with E-state index in [1.54, 1.807) is 30.6 Å². The Morgan fingerprint density at radius 2 is 2.20 bits per heavy atom. The molecule has 7 heteroatoms. The average Bonchev–Trinajstić information content (AvgIpc) is 2.92. The van der Waals surface area contributed by atoms with Crippen molar-refractivity contribution < 1.29 is 8.42 Å². The Morgan fingerprint density at radius 1 is 1.40 bits per heavy atom. The highest BCUT2D eigenvalue weighted by Crippen LogP contribution is 2.15. The molecule has 1 heterocycles. The van der Waals surface area contributed by atoms with Crippen LogP contribution in [0.3, 0.4) is 0 Å². The zero-order chi connectivity index (χ0) is 14.6. The van der Waals surface area contributed by atoms with E-state index < -0.39 is 10.0 Å². The molecule has 20 heavy (non-hydrogen) atoms. The number of aryl methyl sites for hydroxylation is 1. The first-order chi connectivity index (χ1) is 9.53. The molecule has 6 nitrogen and oxygen atoms in total. The first-order valence-electron chi connectivity index (χ1n) is 6.30. The lowest BCUT2D eigenvalue weighted by Gasteiger charge is -2.09. The summed E-state index contributed by atoms with van der Waals surface area (Å²) in [6.45, 7) is 2.52. The van der Waals surface area contributed by atoms with Crippen LogP contribution >= 0.6 is 0 Å². The predicted octanol–water partition coefficient (Wildman–Crippen LogP) is 0.698. The molecule has 0 bridgehead atoms. The summed E-state index contributed by atoms with van der Waals surface area (Å²) in [6.07, 6.45) is 3.86. The van der Waals surface area contributed by atoms with Crippen LogP contribution in [-0.4, -0.2) is 24.9 Å². The molecular weight excluding hydrogens is 276 g/mol. The molecule has 0 unspecified atom stereocenters. The van der Waals surface area contributed by atoms with Gasteiger partial charge in [0, 0.05) is 31.9 Å². The van der Waals surface area contributed by atoms with Gasteiger partial charge < -0.3 is 10.7 Å². The maximum atomic E-state index is 12.2. The highest BCUT2D eigenvalue weighted by atomic mass is 32.2. The number of aromatic amines is 1. The molecule has 0 aliphatic carbocycles. The highest BCUT2D eigenvalue weighted by Gasteiger charge is 2.14. The number of nitrogens with one attached hydrogen (secondary N) is 2. The number of benzene rings is 1. The van der Waals surface area contributed by atoms with Crippen molar-refractivity contribution in [1.29, 1.82) is 0 Å². The van der Waals surface area contributed by atoms with Crippen molar-refractivity contribution in [3.05, 3.63) is 47.5 Å². The Bertz CT molecular complexity index is 666. The van der Waals surface area contributed by atoms with Crippen LogP contribution in [0.1, 0.15) is 17.0 Å². The highest BCUT2D eigenvalue weighted by molar-refractivity contribution is 7.89. The molecular formula is C13H18N4O2S. The summed E-state index contributed by atoms with van der Waals surface area (Å²) in [5, 5.41) is 0. The number of sulfonamides is 1. The molecule has 2 rings (SSSR count). The molecule has 108 valence electrons. The number of H-pyrrole nitrogens is 1. The van der Waals surface area contributed by atoms with Crippen molar-refractivity contribution in [2.45, 2.75) is 24.8 Å². The molecule has 0 radical (unpaired) electrons. The molecule has 0 spiro atoms. The second-order valence-corrected chi connectivity index (χ2v) is 6.24. The summed E-state index contributed by atoms with van der Waals surface area (Å²) >= 11 is 0. The van der Waals surface area contributed by atoms with Crippen molar-refractivity contribution in [3.63, 3.8) is 0 Å². The van der Waals surface area contributed by atoms with Gasteiger partial charge in [0.05, 0.1) is 4.90 Å². The molecule has 0 atom stereocenters. The standard InChI is InChI=1S/C13H18N4O2S/c1-10-2-3-12(8-11(10)9-14)20(18,19)17-5-4-13-15-6-7-16-13/h2-3,6-8,17H,4-5,9,14H2,1H3,(H,15,16). The lowest BCUT2D eigenvalue weighted by molar-refractivity contribution is 0.581. The van der Waals surface area contributed by atoms with Gasteiger partial charge >= 0.3 is 0 Å². The van der Waals surface area contributed by atoms with E-state index in [1.165, 1.54) is 0 Å². The van der Waals surface area contributed by atoms with Crippen molar-refractivity contribution in [2.24, 2.45) is 5.73 Å².